The predicted molar refractivity (Wildman–Crippen MR) is 113 cm³/mol. The Labute approximate surface area is 165 Å². The van der Waals surface area contributed by atoms with Crippen molar-refractivity contribution in [2.75, 3.05) is 31.1 Å². The van der Waals surface area contributed by atoms with E-state index >= 15 is 0 Å². The maximum absolute atomic E-state index is 12.0. The van der Waals surface area contributed by atoms with Crippen LogP contribution in [0.15, 0.2) is 35.1 Å². The molecule has 28 heavy (non-hydrogen) atoms. The zero-order valence-corrected chi connectivity index (χ0v) is 16.8. The number of nitrogens with zero attached hydrogens (tertiary/aromatic N) is 4. The van der Waals surface area contributed by atoms with E-state index in [-0.39, 0.29) is 5.56 Å². The summed E-state index contributed by atoms with van der Waals surface area (Å²) in [6, 6.07) is 10.5. The van der Waals surface area contributed by atoms with Crippen molar-refractivity contribution >= 4 is 16.7 Å². The molecule has 0 bridgehead atoms. The highest BCUT2D eigenvalue weighted by Crippen LogP contribution is 2.21. The minimum atomic E-state index is -0.0807. The number of pyridine rings is 1. The number of aryl methyl sites for hydroxylation is 3. The maximum atomic E-state index is 12.0. The molecule has 1 aliphatic rings. The average molecular weight is 377 g/mol. The van der Waals surface area contributed by atoms with Crippen LogP contribution in [0.4, 0.5) is 5.69 Å². The van der Waals surface area contributed by atoms with Gasteiger partial charge in [0.1, 0.15) is 5.69 Å². The quantitative estimate of drug-likeness (QED) is 0.757. The van der Waals surface area contributed by atoms with Crippen molar-refractivity contribution in [3.8, 4) is 0 Å². The molecule has 3 aromatic rings. The first kappa shape index (κ1) is 18.6. The Balaban J connectivity index is 1.44. The lowest BCUT2D eigenvalue weighted by Crippen LogP contribution is -2.46. The molecule has 0 unspecified atom stereocenters. The highest BCUT2D eigenvalue weighted by molar-refractivity contribution is 5.74. The standard InChI is InChI=1S/C22H27N5O/c1-4-18-22(28)25-20-13-17(6-7-19(20)24-18)14-26-9-11-27(12-10-26)21-8-5-15(2)23-16(21)3/h5-8,13H,4,9-12,14H2,1-3H3,(H,25,28). The maximum Gasteiger partial charge on any atom is 0.270 e. The number of benzene rings is 1. The lowest BCUT2D eigenvalue weighted by Gasteiger charge is -2.36. The fourth-order valence-corrected chi connectivity index (χ4v) is 3.93. The molecule has 0 spiro atoms. The van der Waals surface area contributed by atoms with Gasteiger partial charge in [0.15, 0.2) is 0 Å². The van der Waals surface area contributed by atoms with Crippen LogP contribution in [0.3, 0.4) is 0 Å². The number of fused-ring (bicyclic) bond motifs is 1. The Bertz CT molecular complexity index is 1050. The van der Waals surface area contributed by atoms with E-state index in [0.717, 1.165) is 55.1 Å². The number of piperazine rings is 1. The third kappa shape index (κ3) is 3.78. The third-order valence-electron chi connectivity index (χ3n) is 5.48. The molecule has 0 aliphatic carbocycles. The largest absolute Gasteiger partial charge is 0.368 e. The van der Waals surface area contributed by atoms with E-state index in [0.29, 0.717) is 12.1 Å². The summed E-state index contributed by atoms with van der Waals surface area (Å²) < 4.78 is 0. The monoisotopic (exact) mass is 377 g/mol. The second kappa shape index (κ2) is 7.72. The average Bonchev–Trinajstić information content (AvgIpc) is 2.68. The first-order valence-electron chi connectivity index (χ1n) is 9.97. The van der Waals surface area contributed by atoms with Crippen LogP contribution in [0.2, 0.25) is 0 Å². The lowest BCUT2D eigenvalue weighted by atomic mass is 10.1. The van der Waals surface area contributed by atoms with E-state index in [1.807, 2.05) is 19.9 Å². The van der Waals surface area contributed by atoms with Gasteiger partial charge in [-0.3, -0.25) is 14.7 Å². The SMILES string of the molecule is CCc1nc2ccc(CN3CCN(c4ccc(C)nc4C)CC3)cc2[nH]c1=O. The van der Waals surface area contributed by atoms with E-state index in [2.05, 4.69) is 55.9 Å². The fraction of sp³-hybridized carbons (Fsp3) is 0.409. The van der Waals surface area contributed by atoms with Gasteiger partial charge >= 0.3 is 0 Å². The number of hydrogen-bond donors (Lipinski definition) is 1. The van der Waals surface area contributed by atoms with Gasteiger partial charge in [-0.05, 0) is 50.1 Å². The molecule has 4 rings (SSSR count). The highest BCUT2D eigenvalue weighted by Gasteiger charge is 2.19. The molecule has 0 atom stereocenters. The number of hydrogen-bond acceptors (Lipinski definition) is 5. The summed E-state index contributed by atoms with van der Waals surface area (Å²) in [6.45, 7) is 11.0. The van der Waals surface area contributed by atoms with Gasteiger partial charge in [-0.15, -0.1) is 0 Å². The number of aromatic nitrogens is 3. The molecule has 0 saturated carbocycles. The second-order valence-corrected chi connectivity index (χ2v) is 7.54. The van der Waals surface area contributed by atoms with Gasteiger partial charge in [0.2, 0.25) is 0 Å². The van der Waals surface area contributed by atoms with Gasteiger partial charge in [0, 0.05) is 38.4 Å². The van der Waals surface area contributed by atoms with Crippen LogP contribution in [0, 0.1) is 13.8 Å². The van der Waals surface area contributed by atoms with Crippen molar-refractivity contribution in [3.63, 3.8) is 0 Å². The van der Waals surface area contributed by atoms with Crippen molar-refractivity contribution in [2.45, 2.75) is 33.7 Å². The van der Waals surface area contributed by atoms with Crippen LogP contribution >= 0.6 is 0 Å². The van der Waals surface area contributed by atoms with E-state index < -0.39 is 0 Å². The normalized spacial score (nSPS) is 15.3. The summed E-state index contributed by atoms with van der Waals surface area (Å²) in [5.74, 6) is 0. The molecule has 1 fully saturated rings. The molecule has 0 radical (unpaired) electrons. The lowest BCUT2D eigenvalue weighted by molar-refractivity contribution is 0.250. The fourth-order valence-electron chi connectivity index (χ4n) is 3.93. The van der Waals surface area contributed by atoms with Crippen molar-refractivity contribution in [1.29, 1.82) is 0 Å². The minimum Gasteiger partial charge on any atom is -0.368 e. The number of anilines is 1. The molecule has 6 nitrogen and oxygen atoms in total. The van der Waals surface area contributed by atoms with Gasteiger partial charge in [0.25, 0.3) is 5.56 Å². The summed E-state index contributed by atoms with van der Waals surface area (Å²) in [6.07, 6.45) is 0.646. The van der Waals surface area contributed by atoms with Gasteiger partial charge < -0.3 is 9.88 Å². The molecule has 146 valence electrons. The van der Waals surface area contributed by atoms with Crippen LogP contribution in [0.1, 0.15) is 29.6 Å². The summed E-state index contributed by atoms with van der Waals surface area (Å²) in [5, 5.41) is 0. The Morgan fingerprint density at radius 3 is 2.54 bits per heavy atom. The van der Waals surface area contributed by atoms with Crippen molar-refractivity contribution < 1.29 is 0 Å². The number of rotatable bonds is 4. The Morgan fingerprint density at radius 1 is 1.04 bits per heavy atom. The highest BCUT2D eigenvalue weighted by atomic mass is 16.1. The number of nitrogens with one attached hydrogen (secondary N) is 1. The van der Waals surface area contributed by atoms with Crippen LogP contribution in [0.5, 0.6) is 0 Å². The van der Waals surface area contributed by atoms with Gasteiger partial charge in [-0.2, -0.15) is 0 Å². The summed E-state index contributed by atoms with van der Waals surface area (Å²) in [4.78, 5) is 29.0. The van der Waals surface area contributed by atoms with E-state index in [1.165, 1.54) is 11.3 Å². The van der Waals surface area contributed by atoms with Crippen LogP contribution in [-0.4, -0.2) is 46.0 Å². The Kier molecular flexibility index (Phi) is 5.13. The molecule has 0 amide bonds. The zero-order valence-electron chi connectivity index (χ0n) is 16.8. The van der Waals surface area contributed by atoms with Crippen LogP contribution in [-0.2, 0) is 13.0 Å². The van der Waals surface area contributed by atoms with Crippen molar-refractivity contribution in [2.24, 2.45) is 0 Å². The first-order valence-corrected chi connectivity index (χ1v) is 9.97. The molecular formula is C22H27N5O. The number of H-pyrrole nitrogens is 1. The van der Waals surface area contributed by atoms with E-state index in [4.69, 9.17) is 0 Å². The molecule has 1 saturated heterocycles. The Hall–Kier alpha value is -2.73. The topological polar surface area (TPSA) is 65.1 Å². The second-order valence-electron chi connectivity index (χ2n) is 7.54. The molecule has 1 aromatic carbocycles. The van der Waals surface area contributed by atoms with Crippen LogP contribution in [0.25, 0.3) is 11.0 Å². The smallest absolute Gasteiger partial charge is 0.270 e. The first-order chi connectivity index (χ1) is 13.5. The van der Waals surface area contributed by atoms with Crippen molar-refractivity contribution in [1.82, 2.24) is 19.9 Å². The Morgan fingerprint density at radius 2 is 1.82 bits per heavy atom. The molecule has 2 aromatic heterocycles. The van der Waals surface area contributed by atoms with Crippen molar-refractivity contribution in [3.05, 3.63) is 63.3 Å². The molecule has 3 heterocycles. The van der Waals surface area contributed by atoms with Gasteiger partial charge in [-0.25, -0.2) is 4.98 Å². The summed E-state index contributed by atoms with van der Waals surface area (Å²) in [5.41, 5.74) is 6.80. The molecule has 6 heteroatoms. The summed E-state index contributed by atoms with van der Waals surface area (Å²) in [7, 11) is 0. The number of aromatic amines is 1. The molecule has 1 N–H and O–H groups in total. The minimum absolute atomic E-state index is 0.0807. The molecular weight excluding hydrogens is 350 g/mol. The van der Waals surface area contributed by atoms with Gasteiger partial charge in [0.05, 0.1) is 22.4 Å². The predicted octanol–water partition coefficient (Wildman–Crippen LogP) is 2.82. The van der Waals surface area contributed by atoms with E-state index in [9.17, 15) is 4.79 Å². The third-order valence-corrected chi connectivity index (χ3v) is 5.48. The zero-order chi connectivity index (χ0) is 19.7. The van der Waals surface area contributed by atoms with Gasteiger partial charge in [-0.1, -0.05) is 13.0 Å². The molecule has 1 aliphatic heterocycles. The van der Waals surface area contributed by atoms with Crippen LogP contribution < -0.4 is 10.5 Å². The summed E-state index contributed by atoms with van der Waals surface area (Å²) >= 11 is 0. The van der Waals surface area contributed by atoms with E-state index in [1.54, 1.807) is 0 Å².